The smallest absolute Gasteiger partial charge is 0.123 e. The summed E-state index contributed by atoms with van der Waals surface area (Å²) in [6.07, 6.45) is 3.34. The van der Waals surface area contributed by atoms with Crippen molar-refractivity contribution >= 4 is 0 Å². The predicted octanol–water partition coefficient (Wildman–Crippen LogP) is 3.91. The zero-order valence-corrected chi connectivity index (χ0v) is 12.1. The highest BCUT2D eigenvalue weighted by Gasteiger charge is 2.22. The van der Waals surface area contributed by atoms with Crippen LogP contribution in [0.4, 0.5) is 4.39 Å². The largest absolute Gasteiger partial charge is 0.306 e. The van der Waals surface area contributed by atoms with Gasteiger partial charge in [-0.25, -0.2) is 4.39 Å². The first kappa shape index (κ1) is 13.3. The predicted molar refractivity (Wildman–Crippen MR) is 81.3 cm³/mol. The van der Waals surface area contributed by atoms with Crippen molar-refractivity contribution in [1.82, 2.24) is 4.90 Å². The van der Waals surface area contributed by atoms with Crippen LogP contribution in [0.15, 0.2) is 42.5 Å². The fourth-order valence-electron chi connectivity index (χ4n) is 3.16. The second-order valence-corrected chi connectivity index (χ2v) is 5.81. The minimum atomic E-state index is -0.165. The van der Waals surface area contributed by atoms with E-state index in [-0.39, 0.29) is 5.82 Å². The molecular formula is C18H20FN. The maximum atomic E-state index is 13.4. The molecule has 1 aliphatic rings. The lowest BCUT2D eigenvalue weighted by Gasteiger charge is -2.31. The molecule has 104 valence electrons. The molecule has 2 aromatic carbocycles. The minimum Gasteiger partial charge on any atom is -0.306 e. The van der Waals surface area contributed by atoms with Gasteiger partial charge in [-0.1, -0.05) is 30.3 Å². The van der Waals surface area contributed by atoms with Gasteiger partial charge < -0.3 is 4.90 Å². The number of fused-ring (bicyclic) bond motifs is 1. The molecule has 0 aromatic heterocycles. The number of nitrogens with zero attached hydrogens (tertiary/aromatic N) is 1. The molecule has 0 saturated carbocycles. The van der Waals surface area contributed by atoms with Crippen molar-refractivity contribution < 1.29 is 4.39 Å². The first-order valence-electron chi connectivity index (χ1n) is 7.18. The number of likely N-dealkylation sites (N-methyl/N-ethyl adjacent to an activating group) is 1. The van der Waals surface area contributed by atoms with Gasteiger partial charge in [-0.2, -0.15) is 0 Å². The zero-order chi connectivity index (χ0) is 14.1. The molecule has 1 nitrogen and oxygen atoms in total. The van der Waals surface area contributed by atoms with Crippen molar-refractivity contribution in [2.24, 2.45) is 0 Å². The van der Waals surface area contributed by atoms with Crippen LogP contribution in [0.2, 0.25) is 0 Å². The van der Waals surface area contributed by atoms with E-state index < -0.39 is 0 Å². The molecule has 20 heavy (non-hydrogen) atoms. The Morgan fingerprint density at radius 2 is 1.90 bits per heavy atom. The first-order chi connectivity index (χ1) is 9.65. The van der Waals surface area contributed by atoms with Crippen LogP contribution < -0.4 is 0 Å². The number of hydrogen-bond acceptors (Lipinski definition) is 1. The maximum absolute atomic E-state index is 13.4. The van der Waals surface area contributed by atoms with Gasteiger partial charge in [0.2, 0.25) is 0 Å². The van der Waals surface area contributed by atoms with Crippen molar-refractivity contribution in [1.29, 1.82) is 0 Å². The second-order valence-electron chi connectivity index (χ2n) is 5.81. The molecule has 0 amide bonds. The van der Waals surface area contributed by atoms with E-state index >= 15 is 0 Å². The summed E-state index contributed by atoms with van der Waals surface area (Å²) in [6, 6.07) is 14.0. The lowest BCUT2D eigenvalue weighted by Crippen LogP contribution is -2.33. The number of hydrogen-bond donors (Lipinski definition) is 0. The molecule has 0 radical (unpaired) electrons. The molecule has 0 N–H and O–H groups in total. The quantitative estimate of drug-likeness (QED) is 0.799. The summed E-state index contributed by atoms with van der Waals surface area (Å²) in [5, 5.41) is 0. The van der Waals surface area contributed by atoms with Gasteiger partial charge in [0, 0.05) is 6.04 Å². The lowest BCUT2D eigenvalue weighted by molar-refractivity contribution is 0.268. The van der Waals surface area contributed by atoms with Crippen molar-refractivity contribution in [3.8, 4) is 11.1 Å². The van der Waals surface area contributed by atoms with Crippen LogP contribution in [0.1, 0.15) is 17.5 Å². The summed E-state index contributed by atoms with van der Waals surface area (Å²) in [4.78, 5) is 2.30. The fraction of sp³-hybridized carbons (Fsp3) is 0.333. The molecule has 1 unspecified atom stereocenters. The van der Waals surface area contributed by atoms with Crippen LogP contribution in [0.25, 0.3) is 11.1 Å². The highest BCUT2D eigenvalue weighted by Crippen LogP contribution is 2.32. The van der Waals surface area contributed by atoms with Crippen molar-refractivity contribution in [3.63, 3.8) is 0 Å². The lowest BCUT2D eigenvalue weighted by atomic mass is 9.83. The zero-order valence-electron chi connectivity index (χ0n) is 12.1. The SMILES string of the molecule is CN(C)C1CCc2c(cccc2-c2cccc(F)c2)C1. The first-order valence-corrected chi connectivity index (χ1v) is 7.18. The number of benzene rings is 2. The Labute approximate surface area is 120 Å². The average molecular weight is 269 g/mol. The molecular weight excluding hydrogens is 249 g/mol. The third-order valence-electron chi connectivity index (χ3n) is 4.32. The topological polar surface area (TPSA) is 3.24 Å². The van der Waals surface area contributed by atoms with Crippen LogP contribution in [0, 0.1) is 5.82 Å². The molecule has 0 spiro atoms. The summed E-state index contributed by atoms with van der Waals surface area (Å²) < 4.78 is 13.4. The summed E-state index contributed by atoms with van der Waals surface area (Å²) >= 11 is 0. The van der Waals surface area contributed by atoms with E-state index in [2.05, 4.69) is 37.2 Å². The Morgan fingerprint density at radius 3 is 2.65 bits per heavy atom. The molecule has 3 rings (SSSR count). The van der Waals surface area contributed by atoms with E-state index in [1.54, 1.807) is 12.1 Å². The molecule has 0 heterocycles. The highest BCUT2D eigenvalue weighted by molar-refractivity contribution is 5.69. The standard InChI is InChI=1S/C18H20FN/c1-20(2)16-9-10-18-14(12-16)6-4-8-17(18)13-5-3-7-15(19)11-13/h3-8,11,16H,9-10,12H2,1-2H3. The van der Waals surface area contributed by atoms with E-state index in [0.717, 1.165) is 18.4 Å². The van der Waals surface area contributed by atoms with Gasteiger partial charge in [0.25, 0.3) is 0 Å². The molecule has 0 fully saturated rings. The second kappa shape index (κ2) is 5.37. The molecule has 2 aromatic rings. The van der Waals surface area contributed by atoms with Crippen LogP contribution in [0.3, 0.4) is 0 Å². The molecule has 0 saturated heterocycles. The molecule has 1 atom stereocenters. The van der Waals surface area contributed by atoms with Gasteiger partial charge in [-0.3, -0.25) is 0 Å². The van der Waals surface area contributed by atoms with Crippen LogP contribution in [-0.2, 0) is 12.8 Å². The molecule has 1 aliphatic carbocycles. The van der Waals surface area contributed by atoms with Crippen molar-refractivity contribution in [2.75, 3.05) is 14.1 Å². The Bertz CT molecular complexity index is 619. The summed E-state index contributed by atoms with van der Waals surface area (Å²) in [7, 11) is 4.29. The van der Waals surface area contributed by atoms with Gasteiger partial charge >= 0.3 is 0 Å². The van der Waals surface area contributed by atoms with Gasteiger partial charge in [0.05, 0.1) is 0 Å². The van der Waals surface area contributed by atoms with E-state index in [1.165, 1.54) is 29.2 Å². The Hall–Kier alpha value is -1.67. The third-order valence-corrected chi connectivity index (χ3v) is 4.32. The maximum Gasteiger partial charge on any atom is 0.123 e. The van der Waals surface area contributed by atoms with Crippen LogP contribution in [0.5, 0.6) is 0 Å². The Morgan fingerprint density at radius 1 is 1.10 bits per heavy atom. The Kier molecular flexibility index (Phi) is 3.58. The molecule has 0 bridgehead atoms. The molecule has 2 heteroatoms. The van der Waals surface area contributed by atoms with E-state index in [4.69, 9.17) is 0 Å². The summed E-state index contributed by atoms with van der Waals surface area (Å²) in [5.41, 5.74) is 5.00. The monoisotopic (exact) mass is 269 g/mol. The average Bonchev–Trinajstić information content (AvgIpc) is 2.46. The van der Waals surface area contributed by atoms with Crippen molar-refractivity contribution in [2.45, 2.75) is 25.3 Å². The van der Waals surface area contributed by atoms with Gasteiger partial charge in [-0.15, -0.1) is 0 Å². The summed E-state index contributed by atoms with van der Waals surface area (Å²) in [5.74, 6) is -0.165. The highest BCUT2D eigenvalue weighted by atomic mass is 19.1. The van der Waals surface area contributed by atoms with Crippen molar-refractivity contribution in [3.05, 3.63) is 59.4 Å². The number of halogens is 1. The van der Waals surface area contributed by atoms with E-state index in [0.29, 0.717) is 6.04 Å². The van der Waals surface area contributed by atoms with Gasteiger partial charge in [0.1, 0.15) is 5.82 Å². The fourth-order valence-corrected chi connectivity index (χ4v) is 3.16. The van der Waals surface area contributed by atoms with Gasteiger partial charge in [0.15, 0.2) is 0 Å². The third kappa shape index (κ3) is 2.48. The van der Waals surface area contributed by atoms with Crippen LogP contribution in [-0.4, -0.2) is 25.0 Å². The van der Waals surface area contributed by atoms with Crippen LogP contribution >= 0.6 is 0 Å². The number of rotatable bonds is 2. The van der Waals surface area contributed by atoms with E-state index in [9.17, 15) is 4.39 Å². The van der Waals surface area contributed by atoms with Gasteiger partial charge in [-0.05, 0) is 67.7 Å². The minimum absolute atomic E-state index is 0.165. The Balaban J connectivity index is 2.01. The normalized spacial score (nSPS) is 18.1. The molecule has 0 aliphatic heterocycles. The van der Waals surface area contributed by atoms with E-state index in [1.807, 2.05) is 6.07 Å². The summed E-state index contributed by atoms with van der Waals surface area (Å²) in [6.45, 7) is 0.